The van der Waals surface area contributed by atoms with Crippen LogP contribution in [0.25, 0.3) is 5.70 Å². The number of hydrogen-bond acceptors (Lipinski definition) is 4. The minimum absolute atomic E-state index is 0.0805. The molecule has 0 unspecified atom stereocenters. The lowest BCUT2D eigenvalue weighted by molar-refractivity contribution is -0.138. The van der Waals surface area contributed by atoms with Crippen molar-refractivity contribution in [1.29, 1.82) is 0 Å². The Kier molecular flexibility index (Phi) is 6.95. The maximum absolute atomic E-state index is 14.5. The van der Waals surface area contributed by atoms with Gasteiger partial charge < -0.3 is 9.64 Å². The van der Waals surface area contributed by atoms with Gasteiger partial charge in [-0.25, -0.2) is 0 Å². The van der Waals surface area contributed by atoms with E-state index in [1.54, 1.807) is 18.3 Å². The lowest BCUT2D eigenvalue weighted by atomic mass is 10.1. The van der Waals surface area contributed by atoms with Gasteiger partial charge in [-0.05, 0) is 43.2 Å². The van der Waals surface area contributed by atoms with Gasteiger partial charge in [0.15, 0.2) is 5.16 Å². The lowest BCUT2D eigenvalue weighted by Gasteiger charge is -2.23. The number of benzene rings is 1. The molecule has 1 aromatic carbocycles. The number of anilines is 1. The van der Waals surface area contributed by atoms with Crippen LogP contribution in [-0.4, -0.2) is 17.5 Å². The Morgan fingerprint density at radius 2 is 2.00 bits per heavy atom. The van der Waals surface area contributed by atoms with Crippen LogP contribution in [0, 0.1) is 17.8 Å². The normalized spacial score (nSPS) is 16.9. The maximum Gasteiger partial charge on any atom is 0.420 e. The highest BCUT2D eigenvalue weighted by atomic mass is 32.2. The number of hydrogen-bond donors (Lipinski definition) is 0. The molecule has 0 bridgehead atoms. The summed E-state index contributed by atoms with van der Waals surface area (Å²) in [5.74, 6) is 6.52. The molecule has 1 aliphatic carbocycles. The summed E-state index contributed by atoms with van der Waals surface area (Å²) in [6, 6.07) is 7.16. The van der Waals surface area contributed by atoms with Gasteiger partial charge in [0.1, 0.15) is 5.75 Å². The molecule has 0 atom stereocenters. The van der Waals surface area contributed by atoms with Gasteiger partial charge >= 0.3 is 6.18 Å². The van der Waals surface area contributed by atoms with E-state index >= 15 is 0 Å². The summed E-state index contributed by atoms with van der Waals surface area (Å²) in [6.07, 6.45) is 3.38. The summed E-state index contributed by atoms with van der Waals surface area (Å²) < 4.78 is 61.2. The number of pyridine rings is 1. The number of aromatic nitrogens is 1. The number of rotatable bonds is 5. The Labute approximate surface area is 188 Å². The van der Waals surface area contributed by atoms with Gasteiger partial charge in [-0.3, -0.25) is 4.98 Å². The first-order valence-electron chi connectivity index (χ1n) is 10.5. The van der Waals surface area contributed by atoms with E-state index in [1.807, 2.05) is 0 Å². The van der Waals surface area contributed by atoms with E-state index < -0.39 is 16.9 Å². The third kappa shape index (κ3) is 5.21. The van der Waals surface area contributed by atoms with Crippen molar-refractivity contribution in [3.63, 3.8) is 0 Å². The second-order valence-electron chi connectivity index (χ2n) is 7.64. The monoisotopic (exact) mass is 462 g/mol. The molecule has 1 aliphatic heterocycles. The minimum atomic E-state index is -4.61. The topological polar surface area (TPSA) is 25.4 Å². The summed E-state index contributed by atoms with van der Waals surface area (Å²) in [5.41, 5.74) is 0.0723. The van der Waals surface area contributed by atoms with Gasteiger partial charge in [0, 0.05) is 36.0 Å². The Morgan fingerprint density at radius 3 is 2.72 bits per heavy atom. The van der Waals surface area contributed by atoms with Crippen molar-refractivity contribution in [3.05, 3.63) is 59.0 Å². The van der Waals surface area contributed by atoms with Crippen LogP contribution < -0.4 is 9.64 Å². The SMILES string of the molecule is FC1=C(c2cccnc2)N(c2ccc(OCCC#CC3CCCC3)c(C(F)(F)F)c2)CS1. The third-order valence-electron chi connectivity index (χ3n) is 5.44. The number of halogens is 4. The molecule has 3 nitrogen and oxygen atoms in total. The number of thioether (sulfide) groups is 1. The Morgan fingerprint density at radius 1 is 1.19 bits per heavy atom. The van der Waals surface area contributed by atoms with Crippen LogP contribution in [0.15, 0.2) is 47.9 Å². The molecule has 32 heavy (non-hydrogen) atoms. The van der Waals surface area contributed by atoms with E-state index in [9.17, 15) is 17.6 Å². The molecule has 2 aliphatic rings. The number of alkyl halides is 3. The molecule has 0 N–H and O–H groups in total. The highest BCUT2D eigenvalue weighted by Gasteiger charge is 2.36. The minimum Gasteiger partial charge on any atom is -0.492 e. The standard InChI is InChI=1S/C24H22F4N2OS/c25-23-22(18-9-5-12-29-15-18)30(16-32-23)19-10-11-21(20(14-19)24(26,27)28)31-13-4-3-8-17-6-1-2-7-17/h5,9-12,14-15,17H,1-2,4,6-7,13,16H2. The fraction of sp³-hybridized carbons (Fsp3) is 0.375. The molecule has 0 amide bonds. The van der Waals surface area contributed by atoms with E-state index in [1.165, 1.54) is 36.1 Å². The van der Waals surface area contributed by atoms with Crippen molar-refractivity contribution < 1.29 is 22.3 Å². The molecule has 1 aromatic heterocycles. The fourth-order valence-electron chi connectivity index (χ4n) is 3.87. The molecule has 168 valence electrons. The van der Waals surface area contributed by atoms with E-state index in [4.69, 9.17) is 4.74 Å². The molecule has 0 spiro atoms. The average molecular weight is 463 g/mol. The summed E-state index contributed by atoms with van der Waals surface area (Å²) in [6.45, 7) is 0.0805. The first-order chi connectivity index (χ1) is 15.4. The van der Waals surface area contributed by atoms with Crippen molar-refractivity contribution in [1.82, 2.24) is 4.98 Å². The zero-order valence-electron chi connectivity index (χ0n) is 17.3. The van der Waals surface area contributed by atoms with Crippen molar-refractivity contribution in [2.75, 3.05) is 17.4 Å². The second-order valence-corrected chi connectivity index (χ2v) is 8.55. The van der Waals surface area contributed by atoms with Crippen molar-refractivity contribution in [2.45, 2.75) is 38.3 Å². The van der Waals surface area contributed by atoms with Crippen molar-refractivity contribution in [3.8, 4) is 17.6 Å². The van der Waals surface area contributed by atoms with Gasteiger partial charge in [-0.15, -0.1) is 0 Å². The fourth-order valence-corrected chi connectivity index (χ4v) is 4.75. The third-order valence-corrected chi connectivity index (χ3v) is 6.27. The smallest absolute Gasteiger partial charge is 0.420 e. The molecule has 2 heterocycles. The first-order valence-corrected chi connectivity index (χ1v) is 11.4. The molecular weight excluding hydrogens is 440 g/mol. The molecule has 2 aromatic rings. The summed E-state index contributed by atoms with van der Waals surface area (Å²) in [4.78, 5) is 5.51. The zero-order valence-corrected chi connectivity index (χ0v) is 18.1. The Hall–Kier alpha value is -2.66. The molecule has 0 radical (unpaired) electrons. The van der Waals surface area contributed by atoms with Crippen molar-refractivity contribution in [2.24, 2.45) is 5.92 Å². The largest absolute Gasteiger partial charge is 0.492 e. The van der Waals surface area contributed by atoms with Gasteiger partial charge in [0.25, 0.3) is 0 Å². The quantitative estimate of drug-likeness (QED) is 0.275. The van der Waals surface area contributed by atoms with Gasteiger partial charge in [-0.2, -0.15) is 17.6 Å². The summed E-state index contributed by atoms with van der Waals surface area (Å²) in [7, 11) is 0. The van der Waals surface area contributed by atoms with Gasteiger partial charge in [-0.1, -0.05) is 36.4 Å². The summed E-state index contributed by atoms with van der Waals surface area (Å²) >= 11 is 0.934. The van der Waals surface area contributed by atoms with Crippen LogP contribution in [0.3, 0.4) is 0 Å². The molecule has 0 saturated heterocycles. The number of nitrogens with zero attached hydrogens (tertiary/aromatic N) is 2. The van der Waals surface area contributed by atoms with E-state index in [0.29, 0.717) is 17.9 Å². The van der Waals surface area contributed by atoms with Gasteiger partial charge in [0.2, 0.25) is 0 Å². The Bertz CT molecular complexity index is 1040. The molecule has 8 heteroatoms. The zero-order chi connectivity index (χ0) is 22.6. The molecule has 4 rings (SSSR count). The van der Waals surface area contributed by atoms with Crippen LogP contribution in [0.2, 0.25) is 0 Å². The van der Waals surface area contributed by atoms with Crippen molar-refractivity contribution >= 4 is 23.1 Å². The van der Waals surface area contributed by atoms with Gasteiger partial charge in [0.05, 0.1) is 23.7 Å². The van der Waals surface area contributed by atoms with E-state index in [-0.39, 0.29) is 29.6 Å². The van der Waals surface area contributed by atoms with E-state index in [0.717, 1.165) is 30.7 Å². The molecular formula is C24H22F4N2OS. The average Bonchev–Trinajstić information content (AvgIpc) is 3.43. The van der Waals surface area contributed by atoms with Crippen LogP contribution >= 0.6 is 11.8 Å². The second kappa shape index (κ2) is 9.86. The highest BCUT2D eigenvalue weighted by molar-refractivity contribution is 8.03. The van der Waals surface area contributed by atoms with Crippen LogP contribution in [0.1, 0.15) is 43.2 Å². The summed E-state index contributed by atoms with van der Waals surface area (Å²) in [5, 5.41) is -0.451. The van der Waals surface area contributed by atoms with Crippen LogP contribution in [0.4, 0.5) is 23.2 Å². The van der Waals surface area contributed by atoms with Crippen LogP contribution in [0.5, 0.6) is 5.75 Å². The number of ether oxygens (including phenoxy) is 1. The molecule has 1 saturated carbocycles. The highest BCUT2D eigenvalue weighted by Crippen LogP contribution is 2.44. The predicted molar refractivity (Wildman–Crippen MR) is 118 cm³/mol. The molecule has 1 fully saturated rings. The predicted octanol–water partition coefficient (Wildman–Crippen LogP) is 6.87. The van der Waals surface area contributed by atoms with E-state index in [2.05, 4.69) is 16.8 Å². The maximum atomic E-state index is 14.5. The Balaban J connectivity index is 1.52. The first kappa shape index (κ1) is 22.5. The lowest BCUT2D eigenvalue weighted by Crippen LogP contribution is -2.18. The van der Waals surface area contributed by atoms with Crippen LogP contribution in [-0.2, 0) is 6.18 Å².